The third-order valence-electron chi connectivity index (χ3n) is 4.00. The largest absolute Gasteiger partial charge is 0.326 e. The zero-order chi connectivity index (χ0) is 20.1. The Balaban J connectivity index is 1.47. The van der Waals surface area contributed by atoms with Gasteiger partial charge < -0.3 is 5.32 Å². The van der Waals surface area contributed by atoms with Gasteiger partial charge in [0, 0.05) is 17.2 Å². The molecule has 0 bridgehead atoms. The van der Waals surface area contributed by atoms with E-state index in [2.05, 4.69) is 21.5 Å². The Kier molecular flexibility index (Phi) is 6.23. The lowest BCUT2D eigenvalue weighted by atomic mass is 10.2. The number of carbonyl (C=O) groups excluding carboxylic acids is 3. The van der Waals surface area contributed by atoms with Crippen molar-refractivity contribution in [2.24, 2.45) is 5.92 Å². The quantitative estimate of drug-likeness (QED) is 0.453. The van der Waals surface area contributed by atoms with E-state index < -0.39 is 11.8 Å². The molecule has 1 saturated carbocycles. The van der Waals surface area contributed by atoms with Crippen LogP contribution < -0.4 is 21.5 Å². The van der Waals surface area contributed by atoms with E-state index >= 15 is 0 Å². The molecule has 1 fully saturated rings. The van der Waals surface area contributed by atoms with Crippen LogP contribution in [0.2, 0.25) is 5.02 Å². The predicted octanol–water partition coefficient (Wildman–Crippen LogP) is 2.64. The molecule has 0 spiro atoms. The third kappa shape index (κ3) is 5.28. The fourth-order valence-corrected chi connectivity index (χ4v) is 2.69. The second kappa shape index (κ2) is 8.81. The Morgan fingerprint density at radius 2 is 1.61 bits per heavy atom. The monoisotopic (exact) mass is 416 g/mol. The van der Waals surface area contributed by atoms with Crippen LogP contribution in [0.25, 0.3) is 0 Å². The molecular weight excluding hydrogens is 400 g/mol. The van der Waals surface area contributed by atoms with Crippen molar-refractivity contribution >= 4 is 52.3 Å². The van der Waals surface area contributed by atoms with Gasteiger partial charge in [0.1, 0.15) is 0 Å². The molecule has 0 aliphatic heterocycles. The first kappa shape index (κ1) is 19.8. The molecule has 4 N–H and O–H groups in total. The van der Waals surface area contributed by atoms with E-state index in [9.17, 15) is 14.4 Å². The molecule has 0 unspecified atom stereocenters. The standard InChI is InChI=1S/C19H17ClN4O3S/c20-15-4-2-1-3-14(15)18(27)22-19(28)24-23-17(26)12-7-9-13(10-8-12)21-16(25)11-5-6-11/h1-4,7-11H,5-6H2,(H,21,25)(H,23,26)(H2,22,24,27,28). The fourth-order valence-electron chi connectivity index (χ4n) is 2.33. The van der Waals surface area contributed by atoms with E-state index in [-0.39, 0.29) is 22.5 Å². The van der Waals surface area contributed by atoms with Gasteiger partial charge in [-0.1, -0.05) is 23.7 Å². The molecule has 0 aromatic heterocycles. The summed E-state index contributed by atoms with van der Waals surface area (Å²) in [6.45, 7) is 0. The highest BCUT2D eigenvalue weighted by molar-refractivity contribution is 7.80. The number of benzene rings is 2. The number of hydrogen-bond donors (Lipinski definition) is 4. The van der Waals surface area contributed by atoms with Crippen molar-refractivity contribution in [2.45, 2.75) is 12.8 Å². The summed E-state index contributed by atoms with van der Waals surface area (Å²) in [5.74, 6) is -0.838. The van der Waals surface area contributed by atoms with Crippen LogP contribution in [0.1, 0.15) is 33.6 Å². The van der Waals surface area contributed by atoms with Crippen molar-refractivity contribution in [2.75, 3.05) is 5.32 Å². The first-order chi connectivity index (χ1) is 13.4. The van der Waals surface area contributed by atoms with Gasteiger partial charge in [0.25, 0.3) is 11.8 Å². The SMILES string of the molecule is O=C(NNC(=S)NC(=O)c1ccccc1Cl)c1ccc(NC(=O)C2CC2)cc1. The van der Waals surface area contributed by atoms with Crippen molar-refractivity contribution in [3.8, 4) is 0 Å². The summed E-state index contributed by atoms with van der Waals surface area (Å²) in [5.41, 5.74) is 6.11. The van der Waals surface area contributed by atoms with Crippen molar-refractivity contribution in [3.63, 3.8) is 0 Å². The molecule has 9 heteroatoms. The molecule has 28 heavy (non-hydrogen) atoms. The minimum absolute atomic E-state index is 0.00141. The Hall–Kier alpha value is -2.97. The highest BCUT2D eigenvalue weighted by Crippen LogP contribution is 2.30. The molecule has 0 heterocycles. The van der Waals surface area contributed by atoms with E-state index in [1.165, 1.54) is 0 Å². The van der Waals surface area contributed by atoms with Crippen LogP contribution in [0.5, 0.6) is 0 Å². The first-order valence-electron chi connectivity index (χ1n) is 8.51. The topological polar surface area (TPSA) is 99.3 Å². The maximum atomic E-state index is 12.2. The Bertz CT molecular complexity index is 929. The zero-order valence-corrected chi connectivity index (χ0v) is 16.2. The van der Waals surface area contributed by atoms with Gasteiger partial charge in [-0.2, -0.15) is 0 Å². The number of hydrogen-bond acceptors (Lipinski definition) is 4. The van der Waals surface area contributed by atoms with Crippen molar-refractivity contribution < 1.29 is 14.4 Å². The number of hydrazine groups is 1. The van der Waals surface area contributed by atoms with Gasteiger partial charge in [-0.3, -0.25) is 30.6 Å². The third-order valence-corrected chi connectivity index (χ3v) is 4.53. The van der Waals surface area contributed by atoms with Gasteiger partial charge in [0.2, 0.25) is 5.91 Å². The zero-order valence-electron chi connectivity index (χ0n) is 14.6. The van der Waals surface area contributed by atoms with E-state index in [4.69, 9.17) is 23.8 Å². The summed E-state index contributed by atoms with van der Waals surface area (Å²) in [5, 5.41) is 5.44. The second-order valence-electron chi connectivity index (χ2n) is 6.18. The van der Waals surface area contributed by atoms with Crippen LogP contribution in [0.4, 0.5) is 5.69 Å². The molecule has 0 radical (unpaired) electrons. The molecule has 1 aliphatic carbocycles. The van der Waals surface area contributed by atoms with E-state index in [1.807, 2.05) is 0 Å². The summed E-state index contributed by atoms with van der Waals surface area (Å²) in [6, 6.07) is 13.0. The van der Waals surface area contributed by atoms with E-state index in [0.717, 1.165) is 12.8 Å². The average Bonchev–Trinajstić information content (AvgIpc) is 3.52. The van der Waals surface area contributed by atoms with E-state index in [0.29, 0.717) is 16.3 Å². The molecule has 2 aromatic carbocycles. The summed E-state index contributed by atoms with van der Waals surface area (Å²) >= 11 is 10.9. The minimum Gasteiger partial charge on any atom is -0.326 e. The van der Waals surface area contributed by atoms with Crippen LogP contribution in [-0.4, -0.2) is 22.8 Å². The number of halogens is 1. The minimum atomic E-state index is -0.492. The summed E-state index contributed by atoms with van der Waals surface area (Å²) in [6.07, 6.45) is 1.84. The number of anilines is 1. The van der Waals surface area contributed by atoms with Crippen LogP contribution >= 0.6 is 23.8 Å². The molecule has 1 aliphatic rings. The molecule has 3 amide bonds. The summed E-state index contributed by atoms with van der Waals surface area (Å²) < 4.78 is 0. The average molecular weight is 417 g/mol. The van der Waals surface area contributed by atoms with Gasteiger partial charge in [-0.15, -0.1) is 0 Å². The lowest BCUT2D eigenvalue weighted by Gasteiger charge is -2.11. The van der Waals surface area contributed by atoms with Gasteiger partial charge in [0.05, 0.1) is 10.6 Å². The lowest BCUT2D eigenvalue weighted by molar-refractivity contribution is -0.117. The van der Waals surface area contributed by atoms with Crippen molar-refractivity contribution in [3.05, 3.63) is 64.7 Å². The van der Waals surface area contributed by atoms with E-state index in [1.54, 1.807) is 48.5 Å². The summed E-state index contributed by atoms with van der Waals surface area (Å²) in [7, 11) is 0. The van der Waals surface area contributed by atoms with Crippen LogP contribution in [0, 0.1) is 5.92 Å². The van der Waals surface area contributed by atoms with Crippen molar-refractivity contribution in [1.29, 1.82) is 0 Å². The summed E-state index contributed by atoms with van der Waals surface area (Å²) in [4.78, 5) is 36.0. The smallest absolute Gasteiger partial charge is 0.269 e. The molecule has 0 saturated heterocycles. The first-order valence-corrected chi connectivity index (χ1v) is 9.30. The lowest BCUT2D eigenvalue weighted by Crippen LogP contribution is -2.48. The molecule has 7 nitrogen and oxygen atoms in total. The van der Waals surface area contributed by atoms with Crippen LogP contribution in [0.3, 0.4) is 0 Å². The molecule has 2 aromatic rings. The highest BCUT2D eigenvalue weighted by atomic mass is 35.5. The number of amides is 3. The number of carbonyl (C=O) groups is 3. The molecular formula is C19H17ClN4O3S. The molecule has 0 atom stereocenters. The van der Waals surface area contributed by atoms with Crippen LogP contribution in [0.15, 0.2) is 48.5 Å². The number of rotatable bonds is 4. The van der Waals surface area contributed by atoms with Gasteiger partial charge in [-0.05, 0) is 61.5 Å². The van der Waals surface area contributed by atoms with Gasteiger partial charge >= 0.3 is 0 Å². The maximum Gasteiger partial charge on any atom is 0.269 e. The maximum absolute atomic E-state index is 12.2. The number of nitrogens with one attached hydrogen (secondary N) is 4. The fraction of sp³-hybridized carbons (Fsp3) is 0.158. The Morgan fingerprint density at radius 3 is 2.25 bits per heavy atom. The molecule has 3 rings (SSSR count). The van der Waals surface area contributed by atoms with Gasteiger partial charge in [-0.25, -0.2) is 0 Å². The Morgan fingerprint density at radius 1 is 0.929 bits per heavy atom. The normalized spacial score (nSPS) is 12.6. The van der Waals surface area contributed by atoms with Crippen molar-refractivity contribution in [1.82, 2.24) is 16.2 Å². The predicted molar refractivity (Wildman–Crippen MR) is 110 cm³/mol. The highest BCUT2D eigenvalue weighted by Gasteiger charge is 2.29. The Labute approximate surface area is 171 Å². The number of thiocarbonyl (C=S) groups is 1. The molecule has 144 valence electrons. The van der Waals surface area contributed by atoms with Gasteiger partial charge in [0.15, 0.2) is 5.11 Å². The van der Waals surface area contributed by atoms with Crippen LogP contribution in [-0.2, 0) is 4.79 Å². The second-order valence-corrected chi connectivity index (χ2v) is 7.00.